The van der Waals surface area contributed by atoms with Gasteiger partial charge in [-0.05, 0) is 18.4 Å². The van der Waals surface area contributed by atoms with Gasteiger partial charge in [0.25, 0.3) is 0 Å². The minimum atomic E-state index is 0.701. The molecule has 0 radical (unpaired) electrons. The number of rotatable bonds is 6. The highest BCUT2D eigenvalue weighted by Gasteiger charge is 2.34. The number of benzene rings is 1. The van der Waals surface area contributed by atoms with E-state index in [2.05, 4.69) is 18.3 Å². The Morgan fingerprint density at radius 1 is 1.29 bits per heavy atom. The highest BCUT2D eigenvalue weighted by atomic mass is 16.5. The van der Waals surface area contributed by atoms with Gasteiger partial charge in [0.05, 0.1) is 14.2 Å². The second-order valence-corrected chi connectivity index (χ2v) is 4.57. The normalized spacial score (nSPS) is 22.3. The zero-order chi connectivity index (χ0) is 12.3. The third kappa shape index (κ3) is 2.91. The highest BCUT2D eigenvalue weighted by Crippen LogP contribution is 2.34. The maximum atomic E-state index is 5.37. The van der Waals surface area contributed by atoms with Crippen molar-refractivity contribution < 1.29 is 9.47 Å². The summed E-state index contributed by atoms with van der Waals surface area (Å²) in [6, 6.07) is 6.67. The minimum Gasteiger partial charge on any atom is -0.497 e. The van der Waals surface area contributed by atoms with Crippen molar-refractivity contribution in [3.05, 3.63) is 23.8 Å². The molecule has 0 bridgehead atoms. The molecule has 0 amide bonds. The van der Waals surface area contributed by atoms with Crippen LogP contribution in [-0.2, 0) is 6.54 Å². The standard InChI is InChI=1S/C14H21NO2/c1-4-10-7-13(10)15-9-11-5-6-12(16-2)8-14(11)17-3/h5-6,8,10,13,15H,4,7,9H2,1-3H3. The van der Waals surface area contributed by atoms with Crippen LogP contribution in [0.1, 0.15) is 25.3 Å². The van der Waals surface area contributed by atoms with Crippen molar-refractivity contribution in [2.24, 2.45) is 5.92 Å². The van der Waals surface area contributed by atoms with E-state index in [0.29, 0.717) is 6.04 Å². The molecule has 2 rings (SSSR count). The second kappa shape index (κ2) is 5.41. The molecule has 1 N–H and O–H groups in total. The third-order valence-electron chi connectivity index (χ3n) is 3.50. The number of methoxy groups -OCH3 is 2. The fraction of sp³-hybridized carbons (Fsp3) is 0.571. The first-order valence-electron chi connectivity index (χ1n) is 6.22. The van der Waals surface area contributed by atoms with Crippen molar-refractivity contribution in [1.82, 2.24) is 5.32 Å². The topological polar surface area (TPSA) is 30.5 Å². The summed E-state index contributed by atoms with van der Waals surface area (Å²) < 4.78 is 10.6. The fourth-order valence-corrected chi connectivity index (χ4v) is 2.19. The van der Waals surface area contributed by atoms with E-state index in [-0.39, 0.29) is 0 Å². The molecule has 1 aromatic carbocycles. The molecule has 0 aromatic heterocycles. The molecule has 0 spiro atoms. The maximum absolute atomic E-state index is 5.37. The maximum Gasteiger partial charge on any atom is 0.127 e. The lowest BCUT2D eigenvalue weighted by molar-refractivity contribution is 0.389. The van der Waals surface area contributed by atoms with Crippen LogP contribution in [0.15, 0.2) is 18.2 Å². The predicted octanol–water partition coefficient (Wildman–Crippen LogP) is 2.59. The molecular formula is C14H21NO2. The Morgan fingerprint density at radius 2 is 2.12 bits per heavy atom. The van der Waals surface area contributed by atoms with Crippen molar-refractivity contribution >= 4 is 0 Å². The Hall–Kier alpha value is -1.22. The zero-order valence-electron chi connectivity index (χ0n) is 10.8. The molecule has 3 heteroatoms. The second-order valence-electron chi connectivity index (χ2n) is 4.57. The minimum absolute atomic E-state index is 0.701. The van der Waals surface area contributed by atoms with Gasteiger partial charge in [-0.15, -0.1) is 0 Å². The van der Waals surface area contributed by atoms with Crippen LogP contribution in [0, 0.1) is 5.92 Å². The van der Waals surface area contributed by atoms with Crippen LogP contribution in [0.25, 0.3) is 0 Å². The van der Waals surface area contributed by atoms with Crippen molar-refractivity contribution in [2.75, 3.05) is 14.2 Å². The van der Waals surface area contributed by atoms with Crippen LogP contribution in [0.3, 0.4) is 0 Å². The Bertz CT molecular complexity index is 378. The van der Waals surface area contributed by atoms with Crippen LogP contribution in [-0.4, -0.2) is 20.3 Å². The summed E-state index contributed by atoms with van der Waals surface area (Å²) in [5.41, 5.74) is 1.19. The number of hydrogen-bond acceptors (Lipinski definition) is 3. The lowest BCUT2D eigenvalue weighted by Gasteiger charge is -2.11. The van der Waals surface area contributed by atoms with E-state index >= 15 is 0 Å². The first-order valence-corrected chi connectivity index (χ1v) is 6.22. The van der Waals surface area contributed by atoms with Gasteiger partial charge >= 0.3 is 0 Å². The van der Waals surface area contributed by atoms with Gasteiger partial charge in [-0.25, -0.2) is 0 Å². The molecule has 1 fully saturated rings. The Balaban J connectivity index is 1.95. The van der Waals surface area contributed by atoms with E-state index in [0.717, 1.165) is 24.0 Å². The lowest BCUT2D eigenvalue weighted by Crippen LogP contribution is -2.17. The Kier molecular flexibility index (Phi) is 3.89. The average molecular weight is 235 g/mol. The van der Waals surface area contributed by atoms with E-state index in [4.69, 9.17) is 9.47 Å². The van der Waals surface area contributed by atoms with Gasteiger partial charge in [0.1, 0.15) is 11.5 Å². The van der Waals surface area contributed by atoms with E-state index < -0.39 is 0 Å². The summed E-state index contributed by atoms with van der Waals surface area (Å²) in [5, 5.41) is 3.57. The average Bonchev–Trinajstić information content (AvgIpc) is 3.14. The summed E-state index contributed by atoms with van der Waals surface area (Å²) in [7, 11) is 3.37. The molecule has 1 saturated carbocycles. The summed E-state index contributed by atoms with van der Waals surface area (Å²) in [6.07, 6.45) is 2.59. The zero-order valence-corrected chi connectivity index (χ0v) is 10.8. The van der Waals surface area contributed by atoms with E-state index in [1.807, 2.05) is 12.1 Å². The number of hydrogen-bond donors (Lipinski definition) is 1. The van der Waals surface area contributed by atoms with Crippen LogP contribution in [0.2, 0.25) is 0 Å². The van der Waals surface area contributed by atoms with Crippen molar-refractivity contribution in [3.63, 3.8) is 0 Å². The van der Waals surface area contributed by atoms with Gasteiger partial charge in [-0.1, -0.05) is 19.4 Å². The van der Waals surface area contributed by atoms with Gasteiger partial charge in [-0.2, -0.15) is 0 Å². The van der Waals surface area contributed by atoms with Crippen molar-refractivity contribution in [1.29, 1.82) is 0 Å². The summed E-state index contributed by atoms with van der Waals surface area (Å²) in [4.78, 5) is 0. The van der Waals surface area contributed by atoms with E-state index in [1.165, 1.54) is 18.4 Å². The van der Waals surface area contributed by atoms with Gasteiger partial charge in [0.2, 0.25) is 0 Å². The molecule has 0 aliphatic heterocycles. The van der Waals surface area contributed by atoms with Crippen LogP contribution in [0.4, 0.5) is 0 Å². The summed E-state index contributed by atoms with van der Waals surface area (Å²) in [5.74, 6) is 2.60. The molecule has 2 atom stereocenters. The molecule has 0 saturated heterocycles. The number of ether oxygens (including phenoxy) is 2. The monoisotopic (exact) mass is 235 g/mol. The van der Waals surface area contributed by atoms with E-state index in [9.17, 15) is 0 Å². The Morgan fingerprint density at radius 3 is 2.71 bits per heavy atom. The summed E-state index contributed by atoms with van der Waals surface area (Å²) >= 11 is 0. The predicted molar refractivity (Wildman–Crippen MR) is 68.6 cm³/mol. The van der Waals surface area contributed by atoms with Crippen molar-refractivity contribution in [2.45, 2.75) is 32.4 Å². The quantitative estimate of drug-likeness (QED) is 0.822. The van der Waals surface area contributed by atoms with Gasteiger partial charge < -0.3 is 14.8 Å². The fourth-order valence-electron chi connectivity index (χ4n) is 2.19. The molecule has 0 heterocycles. The molecule has 1 aliphatic rings. The molecule has 1 aliphatic carbocycles. The molecule has 3 nitrogen and oxygen atoms in total. The molecule has 94 valence electrons. The first-order chi connectivity index (χ1) is 8.28. The molecule has 17 heavy (non-hydrogen) atoms. The Labute approximate surface area is 103 Å². The van der Waals surface area contributed by atoms with Crippen LogP contribution >= 0.6 is 0 Å². The van der Waals surface area contributed by atoms with Crippen LogP contribution in [0.5, 0.6) is 11.5 Å². The highest BCUT2D eigenvalue weighted by molar-refractivity contribution is 5.40. The molecule has 2 unspecified atom stereocenters. The first kappa shape index (κ1) is 12.2. The number of nitrogens with one attached hydrogen (secondary N) is 1. The largest absolute Gasteiger partial charge is 0.497 e. The summed E-state index contributed by atoms with van der Waals surface area (Å²) in [6.45, 7) is 3.12. The third-order valence-corrected chi connectivity index (χ3v) is 3.50. The molecule has 1 aromatic rings. The lowest BCUT2D eigenvalue weighted by atomic mass is 10.2. The van der Waals surface area contributed by atoms with Gasteiger partial charge in [0, 0.05) is 24.2 Å². The smallest absolute Gasteiger partial charge is 0.127 e. The molecular weight excluding hydrogens is 214 g/mol. The van der Waals surface area contributed by atoms with E-state index in [1.54, 1.807) is 14.2 Å². The van der Waals surface area contributed by atoms with Crippen LogP contribution < -0.4 is 14.8 Å². The van der Waals surface area contributed by atoms with Crippen molar-refractivity contribution in [3.8, 4) is 11.5 Å². The van der Waals surface area contributed by atoms with Gasteiger partial charge in [-0.3, -0.25) is 0 Å². The van der Waals surface area contributed by atoms with Gasteiger partial charge in [0.15, 0.2) is 0 Å². The SMILES string of the molecule is CCC1CC1NCc1ccc(OC)cc1OC.